The molecule has 3 N–H and O–H groups in total. The second-order valence-electron chi connectivity index (χ2n) is 3.32. The van der Waals surface area contributed by atoms with Crippen LogP contribution in [-0.4, -0.2) is 15.4 Å². The molecule has 1 rings (SSSR count). The molecule has 0 fully saturated rings. The van der Waals surface area contributed by atoms with Gasteiger partial charge in [-0.3, -0.25) is 25.1 Å². The van der Waals surface area contributed by atoms with Crippen LogP contribution < -0.4 is 16.8 Å². The van der Waals surface area contributed by atoms with Crippen LogP contribution in [0.3, 0.4) is 0 Å². The third-order valence-corrected chi connectivity index (χ3v) is 2.16. The smallest absolute Gasteiger partial charge is 0.310 e. The van der Waals surface area contributed by atoms with Crippen LogP contribution in [0.1, 0.15) is 12.8 Å². The summed E-state index contributed by atoms with van der Waals surface area (Å²) in [7, 11) is 0. The number of aryl methyl sites for hydroxylation is 1. The van der Waals surface area contributed by atoms with Gasteiger partial charge in [-0.1, -0.05) is 0 Å². The number of rotatable bonds is 5. The number of hydrogen-bond donors (Lipinski definition) is 2. The Bertz CT molecular complexity index is 482. The molecule has 8 nitrogen and oxygen atoms in total. The number of amides is 1. The van der Waals surface area contributed by atoms with Crippen LogP contribution in [0.2, 0.25) is 0 Å². The normalized spacial score (nSPS) is 9.94. The third-order valence-electron chi connectivity index (χ3n) is 2.16. The molecule has 0 aliphatic heterocycles. The summed E-state index contributed by atoms with van der Waals surface area (Å²) in [6.07, 6.45) is 1.98. The molecule has 1 heterocycles. The van der Waals surface area contributed by atoms with Crippen LogP contribution in [0.5, 0.6) is 0 Å². The Balaban J connectivity index is 2.72. The van der Waals surface area contributed by atoms with Crippen LogP contribution in [-0.2, 0) is 11.3 Å². The molecule has 17 heavy (non-hydrogen) atoms. The Morgan fingerprint density at radius 1 is 1.59 bits per heavy atom. The standard InChI is InChI=1S/C9H12N4O4/c10-11-8(14)4-2-6-12-5-1-3-7(9(12)15)13(16)17/h1,3,5H,2,4,6,10H2,(H,11,14). The van der Waals surface area contributed by atoms with Crippen LogP contribution in [0.25, 0.3) is 0 Å². The van der Waals surface area contributed by atoms with Crippen molar-refractivity contribution < 1.29 is 9.72 Å². The first-order chi connectivity index (χ1) is 8.06. The first kappa shape index (κ1) is 12.8. The maximum Gasteiger partial charge on any atom is 0.334 e. The van der Waals surface area contributed by atoms with Gasteiger partial charge in [0.15, 0.2) is 0 Å². The minimum atomic E-state index is -0.731. The van der Waals surface area contributed by atoms with E-state index in [1.807, 2.05) is 5.43 Å². The maximum absolute atomic E-state index is 11.6. The topological polar surface area (TPSA) is 120 Å². The van der Waals surface area contributed by atoms with E-state index < -0.39 is 16.2 Å². The summed E-state index contributed by atoms with van der Waals surface area (Å²) in [5.41, 5.74) is 0.809. The number of hydrogen-bond acceptors (Lipinski definition) is 5. The summed E-state index contributed by atoms with van der Waals surface area (Å²) >= 11 is 0. The molecule has 0 unspecified atom stereocenters. The van der Waals surface area contributed by atoms with Crippen molar-refractivity contribution in [2.45, 2.75) is 19.4 Å². The summed E-state index contributed by atoms with van der Waals surface area (Å²) in [5.74, 6) is 4.54. The molecule has 0 spiro atoms. The van der Waals surface area contributed by atoms with Gasteiger partial charge in [0.2, 0.25) is 5.91 Å². The number of carbonyl (C=O) groups excluding carboxylic acids is 1. The summed E-state index contributed by atoms with van der Waals surface area (Å²) in [5, 5.41) is 10.5. The summed E-state index contributed by atoms with van der Waals surface area (Å²) in [4.78, 5) is 32.2. The van der Waals surface area contributed by atoms with Gasteiger partial charge in [-0.2, -0.15) is 0 Å². The van der Waals surface area contributed by atoms with Crippen molar-refractivity contribution in [2.75, 3.05) is 0 Å². The van der Waals surface area contributed by atoms with E-state index in [9.17, 15) is 19.7 Å². The van der Waals surface area contributed by atoms with Crippen LogP contribution in [0.15, 0.2) is 23.1 Å². The van der Waals surface area contributed by atoms with E-state index >= 15 is 0 Å². The quantitative estimate of drug-likeness (QED) is 0.312. The van der Waals surface area contributed by atoms with Crippen molar-refractivity contribution in [1.82, 2.24) is 9.99 Å². The summed E-state index contributed by atoms with van der Waals surface area (Å²) in [6.45, 7) is 0.230. The molecule has 1 aromatic heterocycles. The first-order valence-corrected chi connectivity index (χ1v) is 4.89. The fourth-order valence-electron chi connectivity index (χ4n) is 1.32. The van der Waals surface area contributed by atoms with Gasteiger partial charge in [-0.05, 0) is 12.5 Å². The van der Waals surface area contributed by atoms with Gasteiger partial charge in [0, 0.05) is 25.2 Å². The highest BCUT2D eigenvalue weighted by Crippen LogP contribution is 2.02. The van der Waals surface area contributed by atoms with Gasteiger partial charge in [-0.25, -0.2) is 5.84 Å². The number of nitrogens with one attached hydrogen (secondary N) is 1. The Morgan fingerprint density at radius 3 is 2.88 bits per heavy atom. The fourth-order valence-corrected chi connectivity index (χ4v) is 1.32. The van der Waals surface area contributed by atoms with E-state index in [0.717, 1.165) is 6.07 Å². The van der Waals surface area contributed by atoms with E-state index in [1.54, 1.807) is 0 Å². The van der Waals surface area contributed by atoms with Crippen molar-refractivity contribution in [3.63, 3.8) is 0 Å². The predicted octanol–water partition coefficient (Wildman–Crippen LogP) is -0.473. The Labute approximate surface area is 96.2 Å². The highest BCUT2D eigenvalue weighted by molar-refractivity contribution is 5.75. The highest BCUT2D eigenvalue weighted by atomic mass is 16.6. The van der Waals surface area contributed by atoms with Crippen molar-refractivity contribution in [3.8, 4) is 0 Å². The number of nitrogens with zero attached hydrogens (tertiary/aromatic N) is 2. The van der Waals surface area contributed by atoms with E-state index in [1.165, 1.54) is 16.8 Å². The molecule has 0 aromatic carbocycles. The van der Waals surface area contributed by atoms with Gasteiger partial charge in [-0.15, -0.1) is 0 Å². The first-order valence-electron chi connectivity index (χ1n) is 4.89. The molecule has 1 aromatic rings. The van der Waals surface area contributed by atoms with E-state index in [2.05, 4.69) is 0 Å². The number of nitrogens with two attached hydrogens (primary N) is 1. The monoisotopic (exact) mass is 240 g/mol. The van der Waals surface area contributed by atoms with Gasteiger partial charge >= 0.3 is 11.2 Å². The largest absolute Gasteiger partial charge is 0.334 e. The van der Waals surface area contributed by atoms with Crippen molar-refractivity contribution in [1.29, 1.82) is 0 Å². The fraction of sp³-hybridized carbons (Fsp3) is 0.333. The summed E-state index contributed by atoms with van der Waals surface area (Å²) < 4.78 is 1.20. The lowest BCUT2D eigenvalue weighted by atomic mass is 10.3. The lowest BCUT2D eigenvalue weighted by Crippen LogP contribution is -2.30. The minimum absolute atomic E-state index is 0.158. The van der Waals surface area contributed by atoms with E-state index in [0.29, 0.717) is 6.42 Å². The van der Waals surface area contributed by atoms with Crippen LogP contribution >= 0.6 is 0 Å². The Hall–Kier alpha value is -2.22. The average molecular weight is 240 g/mol. The lowest BCUT2D eigenvalue weighted by molar-refractivity contribution is -0.386. The zero-order chi connectivity index (χ0) is 12.8. The minimum Gasteiger partial charge on any atom is -0.310 e. The molecule has 0 aliphatic rings. The maximum atomic E-state index is 11.6. The van der Waals surface area contributed by atoms with E-state index in [4.69, 9.17) is 5.84 Å². The zero-order valence-electron chi connectivity index (χ0n) is 8.96. The Kier molecular flexibility index (Phi) is 4.35. The molecule has 0 saturated carbocycles. The SMILES string of the molecule is NNC(=O)CCCn1cccc([N+](=O)[O-])c1=O. The van der Waals surface area contributed by atoms with Gasteiger partial charge < -0.3 is 4.57 Å². The molecule has 92 valence electrons. The molecule has 8 heteroatoms. The van der Waals surface area contributed by atoms with Gasteiger partial charge in [0.05, 0.1) is 4.92 Å². The molecule has 1 amide bonds. The average Bonchev–Trinajstić information content (AvgIpc) is 2.30. The molecular formula is C9H12N4O4. The number of aromatic nitrogens is 1. The van der Waals surface area contributed by atoms with Crippen LogP contribution in [0.4, 0.5) is 5.69 Å². The zero-order valence-corrected chi connectivity index (χ0v) is 8.96. The lowest BCUT2D eigenvalue weighted by Gasteiger charge is -2.04. The number of nitro groups is 1. The molecular weight excluding hydrogens is 228 g/mol. The van der Waals surface area contributed by atoms with Gasteiger partial charge in [0.1, 0.15) is 0 Å². The second-order valence-corrected chi connectivity index (χ2v) is 3.32. The second kappa shape index (κ2) is 5.75. The number of carbonyl (C=O) groups is 1. The number of hydrazine groups is 1. The van der Waals surface area contributed by atoms with E-state index in [-0.39, 0.29) is 18.9 Å². The molecule has 0 atom stereocenters. The predicted molar refractivity (Wildman–Crippen MR) is 58.9 cm³/mol. The Morgan fingerprint density at radius 2 is 2.29 bits per heavy atom. The van der Waals surface area contributed by atoms with Crippen molar-refractivity contribution in [2.24, 2.45) is 5.84 Å². The van der Waals surface area contributed by atoms with Gasteiger partial charge in [0.25, 0.3) is 0 Å². The van der Waals surface area contributed by atoms with Crippen molar-refractivity contribution in [3.05, 3.63) is 38.8 Å². The third kappa shape index (κ3) is 3.38. The van der Waals surface area contributed by atoms with Crippen LogP contribution in [0, 0.1) is 10.1 Å². The summed E-state index contributed by atoms with van der Waals surface area (Å²) in [6, 6.07) is 2.56. The molecule has 0 saturated heterocycles. The molecule has 0 bridgehead atoms. The number of pyridine rings is 1. The molecule has 0 radical (unpaired) electrons. The van der Waals surface area contributed by atoms with Crippen molar-refractivity contribution >= 4 is 11.6 Å². The highest BCUT2D eigenvalue weighted by Gasteiger charge is 2.13. The molecule has 0 aliphatic carbocycles.